The van der Waals surface area contributed by atoms with Crippen molar-refractivity contribution < 1.29 is 14.3 Å². The van der Waals surface area contributed by atoms with E-state index in [1.807, 2.05) is 32.9 Å². The van der Waals surface area contributed by atoms with Crippen LogP contribution in [0.25, 0.3) is 0 Å². The second kappa shape index (κ2) is 8.31. The lowest BCUT2D eigenvalue weighted by Gasteiger charge is -2.13. The van der Waals surface area contributed by atoms with Crippen LogP contribution >= 0.6 is 0 Å². The summed E-state index contributed by atoms with van der Waals surface area (Å²) in [4.78, 5) is 29.2. The third-order valence-corrected chi connectivity index (χ3v) is 4.64. The lowest BCUT2D eigenvalue weighted by molar-refractivity contribution is 0.0853. The highest BCUT2D eigenvalue weighted by atomic mass is 16.5. The average Bonchev–Trinajstić information content (AvgIpc) is 3.16. The molecule has 0 bridgehead atoms. The monoisotopic (exact) mass is 367 g/mol. The van der Waals surface area contributed by atoms with E-state index >= 15 is 0 Å². The third kappa shape index (κ3) is 4.71. The molecule has 1 unspecified atom stereocenters. The van der Waals surface area contributed by atoms with Crippen LogP contribution in [0.1, 0.15) is 50.5 Å². The summed E-state index contributed by atoms with van der Waals surface area (Å²) in [6.45, 7) is 7.13. The van der Waals surface area contributed by atoms with Crippen molar-refractivity contribution in [3.63, 3.8) is 0 Å². The van der Waals surface area contributed by atoms with Crippen molar-refractivity contribution in [2.24, 2.45) is 0 Å². The van der Waals surface area contributed by atoms with Gasteiger partial charge in [-0.05, 0) is 56.9 Å². The Kier molecular flexibility index (Phi) is 5.86. The van der Waals surface area contributed by atoms with Gasteiger partial charge in [0.1, 0.15) is 11.4 Å². The average molecular weight is 367 g/mol. The molecule has 1 atom stereocenters. The molecule has 1 fully saturated rings. The zero-order valence-electron chi connectivity index (χ0n) is 16.0. The number of amides is 2. The molecule has 0 radical (unpaired) electrons. The van der Waals surface area contributed by atoms with Gasteiger partial charge in [-0.2, -0.15) is 0 Å². The molecule has 6 nitrogen and oxygen atoms in total. The highest BCUT2D eigenvalue weighted by Gasteiger charge is 2.18. The first-order valence-electron chi connectivity index (χ1n) is 9.20. The fraction of sp³-hybridized carbons (Fsp3) is 0.381. The van der Waals surface area contributed by atoms with Gasteiger partial charge in [-0.15, -0.1) is 0 Å². The lowest BCUT2D eigenvalue weighted by atomic mass is 10.0. The number of nitrogens with one attached hydrogen (secondary N) is 2. The minimum absolute atomic E-state index is 0.0629. The summed E-state index contributed by atoms with van der Waals surface area (Å²) in [6, 6.07) is 8.91. The Balaban J connectivity index is 1.69. The van der Waals surface area contributed by atoms with Crippen molar-refractivity contribution in [1.29, 1.82) is 0 Å². The number of anilines is 1. The summed E-state index contributed by atoms with van der Waals surface area (Å²) in [5.74, 6) is -0.637. The predicted molar refractivity (Wildman–Crippen MR) is 104 cm³/mol. The molecule has 3 rings (SSSR count). The van der Waals surface area contributed by atoms with Crippen molar-refractivity contribution in [1.82, 2.24) is 10.3 Å². The number of rotatable bonds is 5. The van der Waals surface area contributed by atoms with Crippen molar-refractivity contribution in [2.45, 2.75) is 39.7 Å². The smallest absolute Gasteiger partial charge is 0.274 e. The van der Waals surface area contributed by atoms with Gasteiger partial charge in [0.15, 0.2) is 0 Å². The lowest BCUT2D eigenvalue weighted by Crippen LogP contribution is -2.32. The Hall–Kier alpha value is -2.73. The van der Waals surface area contributed by atoms with Gasteiger partial charge in [-0.3, -0.25) is 9.59 Å². The summed E-state index contributed by atoms with van der Waals surface area (Å²) in [5.41, 5.74) is 4.33. The summed E-state index contributed by atoms with van der Waals surface area (Å²) >= 11 is 0. The molecule has 2 heterocycles. The molecule has 1 aromatic carbocycles. The fourth-order valence-electron chi connectivity index (χ4n) is 3.34. The molecule has 2 N–H and O–H groups in total. The highest BCUT2D eigenvalue weighted by Crippen LogP contribution is 2.22. The Morgan fingerprint density at radius 1 is 1.11 bits per heavy atom. The van der Waals surface area contributed by atoms with Crippen LogP contribution in [0.2, 0.25) is 0 Å². The van der Waals surface area contributed by atoms with Crippen LogP contribution < -0.4 is 10.6 Å². The first-order chi connectivity index (χ1) is 12.9. The van der Waals surface area contributed by atoms with Crippen molar-refractivity contribution in [3.8, 4) is 0 Å². The quantitative estimate of drug-likeness (QED) is 0.851. The van der Waals surface area contributed by atoms with E-state index in [0.717, 1.165) is 41.8 Å². The van der Waals surface area contributed by atoms with E-state index in [1.54, 1.807) is 18.2 Å². The molecule has 1 saturated heterocycles. The van der Waals surface area contributed by atoms with Crippen LogP contribution in [0.3, 0.4) is 0 Å². The number of benzene rings is 1. The largest absolute Gasteiger partial charge is 0.376 e. The molecular formula is C21H25N3O3. The number of carbonyl (C=O) groups excluding carboxylic acids is 2. The number of aromatic nitrogens is 1. The van der Waals surface area contributed by atoms with Gasteiger partial charge < -0.3 is 15.4 Å². The molecule has 1 aromatic heterocycles. The Labute approximate surface area is 159 Å². The maximum Gasteiger partial charge on any atom is 0.274 e. The summed E-state index contributed by atoms with van der Waals surface area (Å²) < 4.78 is 5.50. The summed E-state index contributed by atoms with van der Waals surface area (Å²) in [7, 11) is 0. The summed E-state index contributed by atoms with van der Waals surface area (Å²) in [6.07, 6.45) is 2.03. The molecule has 0 aliphatic carbocycles. The zero-order chi connectivity index (χ0) is 19.4. The van der Waals surface area contributed by atoms with Crippen LogP contribution in [0.5, 0.6) is 0 Å². The fourth-order valence-corrected chi connectivity index (χ4v) is 3.34. The van der Waals surface area contributed by atoms with E-state index < -0.39 is 0 Å². The van der Waals surface area contributed by atoms with E-state index in [2.05, 4.69) is 15.6 Å². The number of nitrogens with zero attached hydrogens (tertiary/aromatic N) is 1. The van der Waals surface area contributed by atoms with Gasteiger partial charge in [0.25, 0.3) is 11.8 Å². The van der Waals surface area contributed by atoms with Crippen LogP contribution in [-0.2, 0) is 4.74 Å². The van der Waals surface area contributed by atoms with E-state index in [0.29, 0.717) is 6.54 Å². The molecule has 2 amide bonds. The number of hydrogen-bond donors (Lipinski definition) is 2. The molecule has 2 aromatic rings. The molecule has 1 aliphatic heterocycles. The predicted octanol–water partition coefficient (Wildman–Crippen LogP) is 3.17. The first-order valence-corrected chi connectivity index (χ1v) is 9.20. The van der Waals surface area contributed by atoms with Gasteiger partial charge in [0, 0.05) is 18.8 Å². The van der Waals surface area contributed by atoms with Gasteiger partial charge in [0.2, 0.25) is 0 Å². The third-order valence-electron chi connectivity index (χ3n) is 4.64. The van der Waals surface area contributed by atoms with Gasteiger partial charge in [-0.25, -0.2) is 4.98 Å². The minimum atomic E-state index is -0.334. The van der Waals surface area contributed by atoms with E-state index in [1.165, 1.54) is 0 Å². The second-order valence-electron chi connectivity index (χ2n) is 6.98. The maximum absolute atomic E-state index is 12.6. The van der Waals surface area contributed by atoms with Crippen molar-refractivity contribution in [2.75, 3.05) is 18.5 Å². The molecule has 27 heavy (non-hydrogen) atoms. The Bertz CT molecular complexity index is 834. The molecule has 0 saturated carbocycles. The minimum Gasteiger partial charge on any atom is -0.376 e. The SMILES string of the molecule is Cc1cc(C)c(NC(=O)c2cccc(C(=O)NCC3CCCO3)n2)c(C)c1. The number of hydrogen-bond acceptors (Lipinski definition) is 4. The van der Waals surface area contributed by atoms with Gasteiger partial charge in [0.05, 0.1) is 6.10 Å². The second-order valence-corrected chi connectivity index (χ2v) is 6.98. The van der Waals surface area contributed by atoms with Gasteiger partial charge >= 0.3 is 0 Å². The molecule has 142 valence electrons. The van der Waals surface area contributed by atoms with Crippen LogP contribution in [0.4, 0.5) is 5.69 Å². The Morgan fingerprint density at radius 2 is 1.78 bits per heavy atom. The van der Waals surface area contributed by atoms with Crippen LogP contribution in [0, 0.1) is 20.8 Å². The van der Waals surface area contributed by atoms with Gasteiger partial charge in [-0.1, -0.05) is 23.8 Å². The number of carbonyl (C=O) groups is 2. The molecular weight excluding hydrogens is 342 g/mol. The van der Waals surface area contributed by atoms with E-state index in [-0.39, 0.29) is 29.3 Å². The van der Waals surface area contributed by atoms with Crippen LogP contribution in [0.15, 0.2) is 30.3 Å². The normalized spacial score (nSPS) is 16.2. The molecule has 1 aliphatic rings. The highest BCUT2D eigenvalue weighted by molar-refractivity contribution is 6.04. The van der Waals surface area contributed by atoms with Crippen molar-refractivity contribution in [3.05, 3.63) is 58.4 Å². The number of pyridine rings is 1. The molecule has 6 heteroatoms. The first kappa shape index (κ1) is 19.0. The maximum atomic E-state index is 12.6. The standard InChI is InChI=1S/C21H25N3O3/c1-13-10-14(2)19(15(3)11-13)24-21(26)18-8-4-7-17(23-18)20(25)22-12-16-6-5-9-27-16/h4,7-8,10-11,16H,5-6,9,12H2,1-3H3,(H,22,25)(H,24,26). The summed E-state index contributed by atoms with van der Waals surface area (Å²) in [5, 5.41) is 5.73. The number of ether oxygens (including phenoxy) is 1. The Morgan fingerprint density at radius 3 is 2.41 bits per heavy atom. The number of aryl methyl sites for hydroxylation is 3. The van der Waals surface area contributed by atoms with E-state index in [9.17, 15) is 9.59 Å². The van der Waals surface area contributed by atoms with E-state index in [4.69, 9.17) is 4.74 Å². The van der Waals surface area contributed by atoms with Crippen molar-refractivity contribution >= 4 is 17.5 Å². The zero-order valence-corrected chi connectivity index (χ0v) is 16.0. The van der Waals surface area contributed by atoms with Crippen LogP contribution in [-0.4, -0.2) is 36.1 Å². The molecule has 0 spiro atoms. The topological polar surface area (TPSA) is 80.3 Å².